The highest BCUT2D eigenvalue weighted by atomic mass is 35.5. The number of imidazole rings is 1. The van der Waals surface area contributed by atoms with Gasteiger partial charge >= 0.3 is 0 Å². The minimum Gasteiger partial charge on any atom is -0.507 e. The molecule has 3 aromatic rings. The van der Waals surface area contributed by atoms with Crippen LogP contribution in [0.5, 0.6) is 5.75 Å². The van der Waals surface area contributed by atoms with Gasteiger partial charge in [0.05, 0.1) is 25.1 Å². The zero-order chi connectivity index (χ0) is 22.7. The number of ketones is 1. The number of aromatic nitrogens is 2. The molecule has 0 radical (unpaired) electrons. The Bertz CT molecular complexity index is 1170. The van der Waals surface area contributed by atoms with Crippen LogP contribution in [-0.4, -0.2) is 44.9 Å². The molecule has 0 aliphatic carbocycles. The van der Waals surface area contributed by atoms with E-state index in [1.54, 1.807) is 61.1 Å². The number of rotatable bonds is 7. The third kappa shape index (κ3) is 4.24. The number of hydrogen-bond donors (Lipinski definition) is 1. The maximum absolute atomic E-state index is 13.1. The molecule has 1 atom stereocenters. The number of benzene rings is 2. The molecule has 1 N–H and O–H groups in total. The number of amides is 1. The van der Waals surface area contributed by atoms with Crippen LogP contribution in [0, 0.1) is 0 Å². The van der Waals surface area contributed by atoms with Crippen LogP contribution in [0.15, 0.2) is 72.8 Å². The fourth-order valence-electron chi connectivity index (χ4n) is 3.90. The Morgan fingerprint density at radius 1 is 1.16 bits per heavy atom. The Morgan fingerprint density at radius 2 is 1.97 bits per heavy atom. The molecule has 0 bridgehead atoms. The van der Waals surface area contributed by atoms with Gasteiger partial charge in [0.1, 0.15) is 11.5 Å². The van der Waals surface area contributed by atoms with Gasteiger partial charge in [0.25, 0.3) is 11.7 Å². The number of aliphatic hydroxyl groups is 1. The van der Waals surface area contributed by atoms with Crippen molar-refractivity contribution in [2.45, 2.75) is 19.0 Å². The summed E-state index contributed by atoms with van der Waals surface area (Å²) in [6.07, 6.45) is 5.84. The first kappa shape index (κ1) is 21.6. The smallest absolute Gasteiger partial charge is 0.295 e. The molecular weight excluding hydrogens is 430 g/mol. The van der Waals surface area contributed by atoms with Gasteiger partial charge in [-0.15, -0.1) is 0 Å². The lowest BCUT2D eigenvalue weighted by Gasteiger charge is -2.25. The molecule has 1 amide bonds. The van der Waals surface area contributed by atoms with Crippen molar-refractivity contribution >= 4 is 29.1 Å². The summed E-state index contributed by atoms with van der Waals surface area (Å²) in [6, 6.07) is 13.0. The molecule has 8 heteroatoms. The van der Waals surface area contributed by atoms with Crippen LogP contribution in [0.25, 0.3) is 5.76 Å². The van der Waals surface area contributed by atoms with Crippen LogP contribution in [0.1, 0.15) is 23.6 Å². The van der Waals surface area contributed by atoms with Crippen LogP contribution in [0.2, 0.25) is 5.02 Å². The molecule has 0 spiro atoms. The lowest BCUT2D eigenvalue weighted by Crippen LogP contribution is -2.31. The molecule has 1 aliphatic rings. The molecule has 0 unspecified atom stereocenters. The second-order valence-electron chi connectivity index (χ2n) is 7.43. The van der Waals surface area contributed by atoms with Gasteiger partial charge in [-0.25, -0.2) is 4.98 Å². The highest BCUT2D eigenvalue weighted by molar-refractivity contribution is 6.46. The zero-order valence-corrected chi connectivity index (χ0v) is 18.2. The van der Waals surface area contributed by atoms with E-state index in [0.29, 0.717) is 41.4 Å². The maximum atomic E-state index is 13.1. The summed E-state index contributed by atoms with van der Waals surface area (Å²) in [6.45, 7) is 0.968. The largest absolute Gasteiger partial charge is 0.507 e. The van der Waals surface area contributed by atoms with Crippen LogP contribution in [0.4, 0.5) is 0 Å². The highest BCUT2D eigenvalue weighted by Gasteiger charge is 2.45. The number of aliphatic hydroxyl groups excluding tert-OH is 1. The van der Waals surface area contributed by atoms with Crippen molar-refractivity contribution in [3.63, 3.8) is 0 Å². The molecule has 32 heavy (non-hydrogen) atoms. The summed E-state index contributed by atoms with van der Waals surface area (Å²) in [7, 11) is 1.52. The van der Waals surface area contributed by atoms with Gasteiger partial charge in [-0.3, -0.25) is 9.59 Å². The summed E-state index contributed by atoms with van der Waals surface area (Å²) < 4.78 is 7.14. The topological polar surface area (TPSA) is 84.7 Å². The molecular formula is C24H22ClN3O4. The number of halogens is 1. The average molecular weight is 452 g/mol. The van der Waals surface area contributed by atoms with Crippen molar-refractivity contribution < 1.29 is 19.4 Å². The summed E-state index contributed by atoms with van der Waals surface area (Å²) >= 11 is 6.21. The monoisotopic (exact) mass is 451 g/mol. The zero-order valence-electron chi connectivity index (χ0n) is 17.4. The van der Waals surface area contributed by atoms with Crippen molar-refractivity contribution in [3.8, 4) is 5.75 Å². The Kier molecular flexibility index (Phi) is 6.28. The Morgan fingerprint density at radius 3 is 2.69 bits per heavy atom. The van der Waals surface area contributed by atoms with E-state index in [2.05, 4.69) is 4.98 Å². The van der Waals surface area contributed by atoms with Gasteiger partial charge in [0.2, 0.25) is 0 Å². The van der Waals surface area contributed by atoms with Crippen molar-refractivity contribution in [3.05, 3.63) is 89.0 Å². The summed E-state index contributed by atoms with van der Waals surface area (Å²) in [4.78, 5) is 31.6. The quantitative estimate of drug-likeness (QED) is 0.332. The first-order chi connectivity index (χ1) is 15.5. The number of nitrogens with zero attached hydrogens (tertiary/aromatic N) is 3. The average Bonchev–Trinajstić information content (AvgIpc) is 3.41. The summed E-state index contributed by atoms with van der Waals surface area (Å²) in [5.74, 6) is -1.09. The van der Waals surface area contributed by atoms with E-state index in [9.17, 15) is 14.7 Å². The molecule has 0 saturated carbocycles. The van der Waals surface area contributed by atoms with E-state index in [1.807, 2.05) is 10.8 Å². The van der Waals surface area contributed by atoms with Crippen molar-refractivity contribution in [1.29, 1.82) is 0 Å². The van der Waals surface area contributed by atoms with Gasteiger partial charge in [-0.05, 0) is 36.2 Å². The standard InChI is InChI=1S/C24H22ClN3O4/c1-32-19-8-3-6-17(14-19)22(29)20-21(16-5-2-7-18(25)13-16)28(24(31)23(20)30)11-4-10-27-12-9-26-15-27/h2-3,5-9,12-15,21,29H,4,10-11H2,1H3/t21-/m0/s1. The van der Waals surface area contributed by atoms with Gasteiger partial charge < -0.3 is 19.3 Å². The Hall–Kier alpha value is -3.58. The SMILES string of the molecule is COc1cccc(C(O)=C2C(=O)C(=O)N(CCCn3ccnc3)[C@H]2c2cccc(Cl)c2)c1. The first-order valence-corrected chi connectivity index (χ1v) is 10.5. The van der Waals surface area contributed by atoms with Crippen molar-refractivity contribution in [1.82, 2.24) is 14.5 Å². The number of carbonyl (C=O) groups excluding carboxylic acids is 2. The minimum absolute atomic E-state index is 0.0353. The number of hydrogen-bond acceptors (Lipinski definition) is 5. The molecule has 7 nitrogen and oxygen atoms in total. The third-order valence-electron chi connectivity index (χ3n) is 5.42. The van der Waals surface area contributed by atoms with Crippen molar-refractivity contribution in [2.75, 3.05) is 13.7 Å². The highest BCUT2D eigenvalue weighted by Crippen LogP contribution is 2.40. The molecule has 1 aliphatic heterocycles. The number of carbonyl (C=O) groups is 2. The number of Topliss-reactive ketones (excluding diaryl/α,β-unsaturated/α-hetero) is 1. The van der Waals surface area contributed by atoms with E-state index >= 15 is 0 Å². The predicted octanol–water partition coefficient (Wildman–Crippen LogP) is 4.06. The first-order valence-electron chi connectivity index (χ1n) is 10.1. The molecule has 1 fully saturated rings. The van der Waals surface area contributed by atoms with E-state index < -0.39 is 17.7 Å². The van der Waals surface area contributed by atoms with E-state index in [1.165, 1.54) is 12.0 Å². The van der Waals surface area contributed by atoms with Crippen LogP contribution >= 0.6 is 11.6 Å². The Labute approximate surface area is 190 Å². The van der Waals surface area contributed by atoms with Gasteiger partial charge in [0, 0.05) is 36.1 Å². The molecule has 4 rings (SSSR count). The number of methoxy groups -OCH3 is 1. The normalized spacial score (nSPS) is 17.7. The predicted molar refractivity (Wildman–Crippen MR) is 120 cm³/mol. The molecule has 2 aromatic carbocycles. The number of aryl methyl sites for hydroxylation is 1. The molecule has 1 saturated heterocycles. The fourth-order valence-corrected chi connectivity index (χ4v) is 4.10. The second-order valence-corrected chi connectivity index (χ2v) is 7.87. The van der Waals surface area contributed by atoms with E-state index in [4.69, 9.17) is 16.3 Å². The number of likely N-dealkylation sites (tertiary alicyclic amines) is 1. The molecule has 164 valence electrons. The van der Waals surface area contributed by atoms with Gasteiger partial charge in [0.15, 0.2) is 0 Å². The van der Waals surface area contributed by atoms with Gasteiger partial charge in [-0.1, -0.05) is 35.9 Å². The van der Waals surface area contributed by atoms with E-state index in [-0.39, 0.29) is 11.3 Å². The second kappa shape index (κ2) is 9.28. The summed E-state index contributed by atoms with van der Waals surface area (Å²) in [5.41, 5.74) is 1.09. The van der Waals surface area contributed by atoms with Crippen LogP contribution in [-0.2, 0) is 16.1 Å². The molecule has 1 aromatic heterocycles. The number of ether oxygens (including phenoxy) is 1. The lowest BCUT2D eigenvalue weighted by molar-refractivity contribution is -0.139. The molecule has 2 heterocycles. The maximum Gasteiger partial charge on any atom is 0.295 e. The summed E-state index contributed by atoms with van der Waals surface area (Å²) in [5, 5.41) is 11.6. The third-order valence-corrected chi connectivity index (χ3v) is 5.66. The lowest BCUT2D eigenvalue weighted by atomic mass is 9.95. The van der Waals surface area contributed by atoms with Gasteiger partial charge in [-0.2, -0.15) is 0 Å². The van der Waals surface area contributed by atoms with E-state index in [0.717, 1.165) is 0 Å². The van der Waals surface area contributed by atoms with Crippen LogP contribution in [0.3, 0.4) is 0 Å². The fraction of sp³-hybridized carbons (Fsp3) is 0.208. The Balaban J connectivity index is 1.75. The van der Waals surface area contributed by atoms with Crippen LogP contribution < -0.4 is 4.74 Å². The van der Waals surface area contributed by atoms with Crippen molar-refractivity contribution in [2.24, 2.45) is 0 Å². The minimum atomic E-state index is -0.748.